The number of hydrogen-bond donors (Lipinski definition) is 0. The van der Waals surface area contributed by atoms with Gasteiger partial charge in [0.1, 0.15) is 5.82 Å². The van der Waals surface area contributed by atoms with Crippen molar-refractivity contribution in [3.05, 3.63) is 28.0 Å². The van der Waals surface area contributed by atoms with E-state index in [1.54, 1.807) is 0 Å². The van der Waals surface area contributed by atoms with E-state index in [0.29, 0.717) is 0 Å². The zero-order valence-electron chi connectivity index (χ0n) is 9.93. The van der Waals surface area contributed by atoms with Crippen LogP contribution in [0.3, 0.4) is 0 Å². The first kappa shape index (κ1) is 15.0. The van der Waals surface area contributed by atoms with Gasteiger partial charge in [0.25, 0.3) is 11.7 Å². The molecule has 0 aliphatic carbocycles. The van der Waals surface area contributed by atoms with Crippen LogP contribution in [0, 0.1) is 5.82 Å². The van der Waals surface area contributed by atoms with Gasteiger partial charge in [0.15, 0.2) is 0 Å². The molecule has 108 valence electrons. The van der Waals surface area contributed by atoms with Gasteiger partial charge in [-0.2, -0.15) is 13.2 Å². The second-order valence-electron chi connectivity index (χ2n) is 4.29. The molecule has 0 saturated heterocycles. The number of alkyl halides is 3. The summed E-state index contributed by atoms with van der Waals surface area (Å²) in [6, 6.07) is 2.13. The molecule has 3 nitrogen and oxygen atoms in total. The molecule has 0 unspecified atom stereocenters. The Morgan fingerprint density at radius 3 is 2.45 bits per heavy atom. The number of nitrogens with zero attached hydrogens (tertiary/aromatic N) is 1. The minimum absolute atomic E-state index is 0.00437. The predicted octanol–water partition coefficient (Wildman–Crippen LogP) is 3.46. The van der Waals surface area contributed by atoms with Crippen molar-refractivity contribution in [3.8, 4) is 0 Å². The van der Waals surface area contributed by atoms with Gasteiger partial charge in [0.2, 0.25) is 0 Å². The quantitative estimate of drug-likeness (QED) is 0.616. The van der Waals surface area contributed by atoms with Gasteiger partial charge in [-0.05, 0) is 34.5 Å². The summed E-state index contributed by atoms with van der Waals surface area (Å²) in [4.78, 5) is 24.3. The number of amides is 1. The predicted molar refractivity (Wildman–Crippen MR) is 66.1 cm³/mol. The third-order valence-electron chi connectivity index (χ3n) is 2.86. The van der Waals surface area contributed by atoms with Crippen molar-refractivity contribution in [2.45, 2.75) is 19.0 Å². The van der Waals surface area contributed by atoms with E-state index in [1.165, 1.54) is 0 Å². The molecule has 0 saturated carbocycles. The molecule has 1 heterocycles. The Morgan fingerprint density at radius 1 is 1.20 bits per heavy atom. The topological polar surface area (TPSA) is 37.4 Å². The minimum atomic E-state index is -4.33. The molecule has 0 radical (unpaired) electrons. The summed E-state index contributed by atoms with van der Waals surface area (Å²) in [5.41, 5.74) is 0.0122. The molecule has 0 atom stereocenters. The second-order valence-corrected chi connectivity index (χ2v) is 5.14. The van der Waals surface area contributed by atoms with Crippen LogP contribution in [0.1, 0.15) is 23.2 Å². The van der Waals surface area contributed by atoms with Crippen LogP contribution >= 0.6 is 15.9 Å². The Balaban J connectivity index is 2.22. The number of anilines is 1. The molecular weight excluding hydrogens is 346 g/mol. The maximum atomic E-state index is 13.4. The van der Waals surface area contributed by atoms with Crippen LogP contribution in [-0.4, -0.2) is 24.4 Å². The average Bonchev–Trinajstić information content (AvgIpc) is 2.54. The number of benzene rings is 1. The molecule has 1 aromatic rings. The number of halogens is 5. The monoisotopic (exact) mass is 353 g/mol. The number of carbonyl (C=O) groups excluding carboxylic acids is 2. The zero-order chi connectivity index (χ0) is 15.1. The molecule has 0 N–H and O–H groups in total. The van der Waals surface area contributed by atoms with E-state index in [-0.39, 0.29) is 28.7 Å². The van der Waals surface area contributed by atoms with Gasteiger partial charge in [-0.25, -0.2) is 4.39 Å². The van der Waals surface area contributed by atoms with Crippen LogP contribution < -0.4 is 4.90 Å². The van der Waals surface area contributed by atoms with Crippen LogP contribution in [0.15, 0.2) is 16.6 Å². The van der Waals surface area contributed by atoms with E-state index >= 15 is 0 Å². The largest absolute Gasteiger partial charge is 0.389 e. The maximum Gasteiger partial charge on any atom is 0.389 e. The third-order valence-corrected chi connectivity index (χ3v) is 3.46. The molecule has 8 heteroatoms. The molecule has 0 fully saturated rings. The summed E-state index contributed by atoms with van der Waals surface area (Å²) < 4.78 is 49.7. The minimum Gasteiger partial charge on any atom is -0.305 e. The molecule has 0 aromatic heterocycles. The number of hydrogen-bond acceptors (Lipinski definition) is 2. The molecule has 1 aliphatic rings. The standard InChI is InChI=1S/C12H8BrF4NO2/c13-7-4-6-9(5-8(7)14)18(11(20)10(6)19)3-1-2-12(15,16)17/h4-5H,1-3H2. The lowest BCUT2D eigenvalue weighted by molar-refractivity contribution is -0.135. The number of fused-ring (bicyclic) bond motifs is 1. The average molecular weight is 354 g/mol. The Labute approximate surface area is 119 Å². The van der Waals surface area contributed by atoms with Crippen LogP contribution in [0.5, 0.6) is 0 Å². The van der Waals surface area contributed by atoms with Crippen molar-refractivity contribution in [3.63, 3.8) is 0 Å². The van der Waals surface area contributed by atoms with Crippen molar-refractivity contribution in [2.75, 3.05) is 11.4 Å². The van der Waals surface area contributed by atoms with E-state index in [9.17, 15) is 27.2 Å². The Hall–Kier alpha value is -1.44. The van der Waals surface area contributed by atoms with Crippen molar-refractivity contribution in [1.82, 2.24) is 0 Å². The fourth-order valence-electron chi connectivity index (χ4n) is 1.95. The summed E-state index contributed by atoms with van der Waals surface area (Å²) in [6.07, 6.45) is -5.75. The van der Waals surface area contributed by atoms with Gasteiger partial charge in [-0.15, -0.1) is 0 Å². The van der Waals surface area contributed by atoms with E-state index < -0.39 is 30.1 Å². The summed E-state index contributed by atoms with van der Waals surface area (Å²) in [7, 11) is 0. The van der Waals surface area contributed by atoms with Gasteiger partial charge in [0, 0.05) is 13.0 Å². The summed E-state index contributed by atoms with van der Waals surface area (Å²) in [5, 5.41) is 0. The molecule has 20 heavy (non-hydrogen) atoms. The van der Waals surface area contributed by atoms with Crippen molar-refractivity contribution in [1.29, 1.82) is 0 Å². The van der Waals surface area contributed by atoms with Crippen molar-refractivity contribution < 1.29 is 27.2 Å². The Bertz CT molecular complexity index is 586. The van der Waals surface area contributed by atoms with E-state index in [1.807, 2.05) is 0 Å². The normalized spacial score (nSPS) is 14.9. The van der Waals surface area contributed by atoms with Crippen LogP contribution in [0.4, 0.5) is 23.2 Å². The third kappa shape index (κ3) is 2.84. The second kappa shape index (κ2) is 5.16. The number of rotatable bonds is 3. The smallest absolute Gasteiger partial charge is 0.305 e. The molecule has 1 aromatic carbocycles. The molecule has 1 aliphatic heterocycles. The first-order valence-electron chi connectivity index (χ1n) is 5.62. The van der Waals surface area contributed by atoms with Crippen molar-refractivity contribution in [2.24, 2.45) is 0 Å². The van der Waals surface area contributed by atoms with E-state index in [4.69, 9.17) is 0 Å². The summed E-state index contributed by atoms with van der Waals surface area (Å²) in [6.45, 7) is -0.280. The summed E-state index contributed by atoms with van der Waals surface area (Å²) in [5.74, 6) is -2.46. The highest BCUT2D eigenvalue weighted by Crippen LogP contribution is 2.34. The van der Waals surface area contributed by atoms with E-state index in [0.717, 1.165) is 17.0 Å². The lowest BCUT2D eigenvalue weighted by Gasteiger charge is -2.17. The maximum absolute atomic E-state index is 13.4. The van der Waals surface area contributed by atoms with Crippen LogP contribution in [0.25, 0.3) is 0 Å². The highest BCUT2D eigenvalue weighted by molar-refractivity contribution is 9.10. The fourth-order valence-corrected chi connectivity index (χ4v) is 2.29. The fraction of sp³-hybridized carbons (Fsp3) is 0.333. The van der Waals surface area contributed by atoms with Crippen molar-refractivity contribution >= 4 is 33.3 Å². The molecular formula is C12H8BrF4NO2. The van der Waals surface area contributed by atoms with Crippen LogP contribution in [0.2, 0.25) is 0 Å². The van der Waals surface area contributed by atoms with Gasteiger partial charge in [-0.3, -0.25) is 9.59 Å². The number of carbonyl (C=O) groups is 2. The lowest BCUT2D eigenvalue weighted by atomic mass is 10.1. The number of Topliss-reactive ketones (excluding diaryl/α,β-unsaturated/α-hetero) is 1. The van der Waals surface area contributed by atoms with Gasteiger partial charge < -0.3 is 4.90 Å². The first-order valence-corrected chi connectivity index (χ1v) is 6.42. The lowest BCUT2D eigenvalue weighted by Crippen LogP contribution is -2.31. The van der Waals surface area contributed by atoms with Gasteiger partial charge >= 0.3 is 6.18 Å². The van der Waals surface area contributed by atoms with E-state index in [2.05, 4.69) is 15.9 Å². The molecule has 1 amide bonds. The summed E-state index contributed by atoms with van der Waals surface area (Å²) >= 11 is 2.89. The zero-order valence-corrected chi connectivity index (χ0v) is 11.5. The first-order chi connectivity index (χ1) is 9.20. The van der Waals surface area contributed by atoms with Crippen LogP contribution in [-0.2, 0) is 4.79 Å². The molecule has 2 rings (SSSR count). The molecule has 0 spiro atoms. The van der Waals surface area contributed by atoms with Gasteiger partial charge in [-0.1, -0.05) is 0 Å². The number of ketones is 1. The highest BCUT2D eigenvalue weighted by Gasteiger charge is 2.37. The Morgan fingerprint density at radius 2 is 1.85 bits per heavy atom. The SMILES string of the molecule is O=C1C(=O)N(CCCC(F)(F)F)c2cc(F)c(Br)cc21. The highest BCUT2D eigenvalue weighted by atomic mass is 79.9. The molecule has 0 bridgehead atoms. The van der Waals surface area contributed by atoms with Gasteiger partial charge in [0.05, 0.1) is 15.7 Å². The Kier molecular flexibility index (Phi) is 3.86.